The molecule has 1 rings (SSSR count). The Labute approximate surface area is 116 Å². The number of nitrogens with zero attached hydrogens (tertiary/aromatic N) is 1. The van der Waals surface area contributed by atoms with Crippen LogP contribution in [0.2, 0.25) is 0 Å². The molecule has 0 aliphatic rings. The maximum atomic E-state index is 10.5. The molecule has 0 heterocycles. The molecule has 4 heteroatoms. The SMILES string of the molecule is CCCNC(=NCC(C)(O)c1ccccc1)NCC. The minimum Gasteiger partial charge on any atom is -0.384 e. The summed E-state index contributed by atoms with van der Waals surface area (Å²) < 4.78 is 0. The van der Waals surface area contributed by atoms with E-state index in [1.165, 1.54) is 0 Å². The molecule has 0 aromatic heterocycles. The lowest BCUT2D eigenvalue weighted by molar-refractivity contribution is 0.0672. The Morgan fingerprint density at radius 2 is 1.89 bits per heavy atom. The van der Waals surface area contributed by atoms with Crippen molar-refractivity contribution in [2.24, 2.45) is 4.99 Å². The van der Waals surface area contributed by atoms with Crippen LogP contribution in [-0.4, -0.2) is 30.7 Å². The molecule has 106 valence electrons. The first-order chi connectivity index (χ1) is 9.10. The molecule has 0 fully saturated rings. The van der Waals surface area contributed by atoms with Crippen LogP contribution < -0.4 is 10.6 Å². The van der Waals surface area contributed by atoms with Gasteiger partial charge in [0.05, 0.1) is 6.54 Å². The molecule has 0 saturated heterocycles. The summed E-state index contributed by atoms with van der Waals surface area (Å²) in [6.07, 6.45) is 1.04. The third-order valence-electron chi connectivity index (χ3n) is 2.83. The van der Waals surface area contributed by atoms with Gasteiger partial charge in [-0.1, -0.05) is 37.3 Å². The van der Waals surface area contributed by atoms with Crippen molar-refractivity contribution < 1.29 is 5.11 Å². The zero-order valence-electron chi connectivity index (χ0n) is 12.1. The Balaban J connectivity index is 2.69. The van der Waals surface area contributed by atoms with Crippen molar-refractivity contribution in [3.8, 4) is 0 Å². The first-order valence-electron chi connectivity index (χ1n) is 6.90. The Bertz CT molecular complexity index is 388. The topological polar surface area (TPSA) is 56.7 Å². The molecular weight excluding hydrogens is 238 g/mol. The molecular formula is C15H25N3O. The molecule has 4 nitrogen and oxygen atoms in total. The zero-order valence-corrected chi connectivity index (χ0v) is 12.1. The van der Waals surface area contributed by atoms with Crippen molar-refractivity contribution in [1.29, 1.82) is 0 Å². The van der Waals surface area contributed by atoms with E-state index in [-0.39, 0.29) is 0 Å². The van der Waals surface area contributed by atoms with Crippen molar-refractivity contribution in [2.75, 3.05) is 19.6 Å². The van der Waals surface area contributed by atoms with Crippen LogP contribution in [0.4, 0.5) is 0 Å². The zero-order chi connectivity index (χ0) is 14.1. The number of hydrogen-bond donors (Lipinski definition) is 3. The fraction of sp³-hybridized carbons (Fsp3) is 0.533. The van der Waals surface area contributed by atoms with Crippen LogP contribution in [0.5, 0.6) is 0 Å². The van der Waals surface area contributed by atoms with Crippen LogP contribution >= 0.6 is 0 Å². The molecule has 0 spiro atoms. The van der Waals surface area contributed by atoms with E-state index in [0.717, 1.165) is 31.0 Å². The second kappa shape index (κ2) is 7.79. The van der Waals surface area contributed by atoms with Gasteiger partial charge in [0.25, 0.3) is 0 Å². The Morgan fingerprint density at radius 3 is 2.47 bits per heavy atom. The second-order valence-electron chi connectivity index (χ2n) is 4.76. The van der Waals surface area contributed by atoms with Gasteiger partial charge in [-0.25, -0.2) is 4.99 Å². The van der Waals surface area contributed by atoms with Gasteiger partial charge in [-0.3, -0.25) is 0 Å². The lowest BCUT2D eigenvalue weighted by atomic mass is 9.96. The number of nitrogens with one attached hydrogen (secondary N) is 2. The maximum Gasteiger partial charge on any atom is 0.191 e. The lowest BCUT2D eigenvalue weighted by Crippen LogP contribution is -2.39. The first kappa shape index (κ1) is 15.5. The number of aliphatic hydroxyl groups is 1. The van der Waals surface area contributed by atoms with E-state index in [4.69, 9.17) is 0 Å². The minimum absolute atomic E-state index is 0.329. The van der Waals surface area contributed by atoms with Gasteiger partial charge in [-0.2, -0.15) is 0 Å². The number of hydrogen-bond acceptors (Lipinski definition) is 2. The molecule has 0 radical (unpaired) electrons. The summed E-state index contributed by atoms with van der Waals surface area (Å²) in [7, 11) is 0. The smallest absolute Gasteiger partial charge is 0.191 e. The fourth-order valence-electron chi connectivity index (χ4n) is 1.71. The van der Waals surface area contributed by atoms with Gasteiger partial charge in [-0.05, 0) is 25.8 Å². The Morgan fingerprint density at radius 1 is 1.21 bits per heavy atom. The second-order valence-corrected chi connectivity index (χ2v) is 4.76. The van der Waals surface area contributed by atoms with E-state index in [1.807, 2.05) is 37.3 Å². The summed E-state index contributed by atoms with van der Waals surface area (Å²) in [6, 6.07) is 9.63. The first-order valence-corrected chi connectivity index (χ1v) is 6.90. The van der Waals surface area contributed by atoms with Crippen LogP contribution in [0.25, 0.3) is 0 Å². The quantitative estimate of drug-likeness (QED) is 0.542. The molecule has 1 aromatic carbocycles. The summed E-state index contributed by atoms with van der Waals surface area (Å²) in [5, 5.41) is 16.9. The summed E-state index contributed by atoms with van der Waals surface area (Å²) in [6.45, 7) is 7.93. The third-order valence-corrected chi connectivity index (χ3v) is 2.83. The number of benzene rings is 1. The predicted octanol–water partition coefficient (Wildman–Crippen LogP) is 1.86. The summed E-state index contributed by atoms with van der Waals surface area (Å²) in [4.78, 5) is 4.44. The predicted molar refractivity (Wildman–Crippen MR) is 80.3 cm³/mol. The molecule has 1 unspecified atom stereocenters. The molecule has 0 amide bonds. The van der Waals surface area contributed by atoms with Crippen LogP contribution in [0.15, 0.2) is 35.3 Å². The van der Waals surface area contributed by atoms with Crippen LogP contribution in [0, 0.1) is 0 Å². The van der Waals surface area contributed by atoms with E-state index in [9.17, 15) is 5.11 Å². The van der Waals surface area contributed by atoms with Gasteiger partial charge in [0, 0.05) is 13.1 Å². The molecule has 3 N–H and O–H groups in total. The van der Waals surface area contributed by atoms with E-state index in [0.29, 0.717) is 6.54 Å². The van der Waals surface area contributed by atoms with Gasteiger partial charge in [-0.15, -0.1) is 0 Å². The van der Waals surface area contributed by atoms with Crippen LogP contribution in [0.1, 0.15) is 32.8 Å². The number of aliphatic imine (C=N–C) groups is 1. The van der Waals surface area contributed by atoms with Gasteiger partial charge >= 0.3 is 0 Å². The molecule has 0 aliphatic heterocycles. The van der Waals surface area contributed by atoms with Gasteiger partial charge < -0.3 is 15.7 Å². The number of rotatable bonds is 6. The van der Waals surface area contributed by atoms with Crippen molar-refractivity contribution in [2.45, 2.75) is 32.8 Å². The van der Waals surface area contributed by atoms with Crippen molar-refractivity contribution in [3.05, 3.63) is 35.9 Å². The highest BCUT2D eigenvalue weighted by Gasteiger charge is 2.22. The van der Waals surface area contributed by atoms with E-state index in [2.05, 4.69) is 22.5 Å². The van der Waals surface area contributed by atoms with Crippen molar-refractivity contribution in [1.82, 2.24) is 10.6 Å². The monoisotopic (exact) mass is 263 g/mol. The van der Waals surface area contributed by atoms with Crippen molar-refractivity contribution >= 4 is 5.96 Å². The molecule has 1 atom stereocenters. The average molecular weight is 263 g/mol. The highest BCUT2D eigenvalue weighted by atomic mass is 16.3. The molecule has 0 saturated carbocycles. The van der Waals surface area contributed by atoms with Crippen molar-refractivity contribution in [3.63, 3.8) is 0 Å². The maximum absolute atomic E-state index is 10.5. The molecule has 0 bridgehead atoms. The highest BCUT2D eigenvalue weighted by molar-refractivity contribution is 5.79. The van der Waals surface area contributed by atoms with Gasteiger partial charge in [0.15, 0.2) is 5.96 Å². The third kappa shape index (κ3) is 5.30. The average Bonchev–Trinajstić information content (AvgIpc) is 2.43. The van der Waals surface area contributed by atoms with Crippen LogP contribution in [-0.2, 0) is 5.60 Å². The van der Waals surface area contributed by atoms with E-state index < -0.39 is 5.60 Å². The van der Waals surface area contributed by atoms with Gasteiger partial charge in [0.2, 0.25) is 0 Å². The molecule has 19 heavy (non-hydrogen) atoms. The largest absolute Gasteiger partial charge is 0.384 e. The summed E-state index contributed by atoms with van der Waals surface area (Å²) >= 11 is 0. The van der Waals surface area contributed by atoms with Gasteiger partial charge in [0.1, 0.15) is 5.60 Å². The summed E-state index contributed by atoms with van der Waals surface area (Å²) in [5.41, 5.74) is -0.0689. The van der Waals surface area contributed by atoms with E-state index in [1.54, 1.807) is 6.92 Å². The Hall–Kier alpha value is -1.55. The Kier molecular flexibility index (Phi) is 6.36. The highest BCUT2D eigenvalue weighted by Crippen LogP contribution is 2.20. The normalized spacial score (nSPS) is 14.8. The molecule has 1 aromatic rings. The summed E-state index contributed by atoms with van der Waals surface area (Å²) in [5.74, 6) is 0.751. The lowest BCUT2D eigenvalue weighted by Gasteiger charge is -2.22. The van der Waals surface area contributed by atoms with Crippen LogP contribution in [0.3, 0.4) is 0 Å². The minimum atomic E-state index is -0.949. The molecule has 0 aliphatic carbocycles. The van der Waals surface area contributed by atoms with E-state index >= 15 is 0 Å². The fourth-order valence-corrected chi connectivity index (χ4v) is 1.71. The number of guanidine groups is 1. The standard InChI is InChI=1S/C15H25N3O/c1-4-11-17-14(16-5-2)18-12-15(3,19)13-9-7-6-8-10-13/h6-10,19H,4-5,11-12H2,1-3H3,(H2,16,17,18).